The van der Waals surface area contributed by atoms with Crippen LogP contribution in [0.2, 0.25) is 0 Å². The first-order valence-corrected chi connectivity index (χ1v) is 31.2. The van der Waals surface area contributed by atoms with E-state index in [0.29, 0.717) is 42.5 Å². The van der Waals surface area contributed by atoms with Gasteiger partial charge in [-0.1, -0.05) is 0 Å². The zero-order chi connectivity index (χ0) is 60.7. The summed E-state index contributed by atoms with van der Waals surface area (Å²) in [6.45, 7) is 0. The number of rotatable bonds is 17. The van der Waals surface area contributed by atoms with Gasteiger partial charge in [0, 0.05) is 38.5 Å². The lowest BCUT2D eigenvalue weighted by Crippen LogP contribution is -2.23. The number of benzene rings is 6. The minimum Gasteiger partial charge on any atom is -0.321 e. The second-order valence-corrected chi connectivity index (χ2v) is 26.3. The highest BCUT2D eigenvalue weighted by Crippen LogP contribution is 2.31. The molecule has 40 heteroatoms. The highest BCUT2D eigenvalue weighted by atomic mass is 32.2. The van der Waals surface area contributed by atoms with Crippen LogP contribution in [0, 0.1) is 0 Å². The summed E-state index contributed by atoms with van der Waals surface area (Å²) in [4.78, 5) is 61.0. The third-order valence-electron chi connectivity index (χ3n) is 10.3. The molecule has 0 spiro atoms. The minimum atomic E-state index is -5.44. The predicted molar refractivity (Wildman–Crippen MR) is 279 cm³/mol. The van der Waals surface area contributed by atoms with Crippen molar-refractivity contribution < 1.29 is 115 Å². The number of hydrogen-bond donors (Lipinski definition) is 14. The van der Waals surface area contributed by atoms with Crippen molar-refractivity contribution in [1.82, 2.24) is 0 Å². The maximum Gasteiger partial charge on any atom is 0.323 e. The van der Waals surface area contributed by atoms with Crippen molar-refractivity contribution in [2.75, 3.05) is 31.9 Å². The van der Waals surface area contributed by atoms with Crippen LogP contribution >= 0.6 is 12.6 Å². The summed E-state index contributed by atoms with van der Waals surface area (Å²) in [5.41, 5.74) is -6.78. The average Bonchev–Trinajstić information content (AvgIpc) is 3.32. The zero-order valence-electron chi connectivity index (χ0n) is 39.1. The molecule has 0 aliphatic rings. The third-order valence-corrected chi connectivity index (χ3v) is 16.7. The van der Waals surface area contributed by atoms with E-state index in [1.165, 1.54) is 0 Å². The lowest BCUT2D eigenvalue weighted by atomic mass is 10.1. The first-order chi connectivity index (χ1) is 37.0. The number of carbonyl (C=O) groups is 5. The van der Waals surface area contributed by atoms with Crippen LogP contribution in [-0.4, -0.2) is 120 Å². The van der Waals surface area contributed by atoms with Gasteiger partial charge in [0.15, 0.2) is 0 Å². The van der Waals surface area contributed by atoms with Crippen LogP contribution in [-0.2, 0) is 70.8 Å². The Morgan fingerprint density at radius 3 is 0.765 bits per heavy atom. The fourth-order valence-electron chi connectivity index (χ4n) is 6.71. The van der Waals surface area contributed by atoms with Gasteiger partial charge in [-0.2, -0.15) is 58.9 Å². The number of anilines is 6. The summed E-state index contributed by atoms with van der Waals surface area (Å²) in [5, 5.41) is 12.7. The first kappa shape index (κ1) is 62.4. The third kappa shape index (κ3) is 15.8. The van der Waals surface area contributed by atoms with Crippen LogP contribution in [0.3, 0.4) is 0 Å². The molecular formula is C41H32N6O26S8. The summed E-state index contributed by atoms with van der Waals surface area (Å²) >= 11 is 4.09. The van der Waals surface area contributed by atoms with E-state index in [4.69, 9.17) is 0 Å². The van der Waals surface area contributed by atoms with Crippen molar-refractivity contribution >= 4 is 147 Å². The number of carbonyl (C=O) groups excluding carboxylic acids is 5. The van der Waals surface area contributed by atoms with Gasteiger partial charge in [-0.15, -0.1) is 12.6 Å². The van der Waals surface area contributed by atoms with Gasteiger partial charge in [0.1, 0.15) is 14.7 Å². The second kappa shape index (κ2) is 22.6. The molecule has 430 valence electrons. The highest BCUT2D eigenvalue weighted by molar-refractivity contribution is 7.88. The van der Waals surface area contributed by atoms with E-state index in [0.717, 1.165) is 48.5 Å². The average molecular weight is 1280 g/mol. The maximum atomic E-state index is 13.8. The zero-order valence-corrected chi connectivity index (χ0v) is 45.7. The lowest BCUT2D eigenvalue weighted by molar-refractivity contribution is 0.101. The Labute approximate surface area is 461 Å². The molecule has 0 saturated heterocycles. The van der Waals surface area contributed by atoms with Gasteiger partial charge < -0.3 is 31.9 Å². The van der Waals surface area contributed by atoms with Crippen LogP contribution in [0.5, 0.6) is 0 Å². The smallest absolute Gasteiger partial charge is 0.321 e. The number of nitrogens with one attached hydrogen (secondary N) is 6. The fraction of sp³-hybridized carbons (Fsp3) is 0. The molecular weight excluding hydrogens is 1250 g/mol. The van der Waals surface area contributed by atoms with E-state index >= 15 is 0 Å². The summed E-state index contributed by atoms with van der Waals surface area (Å²) in [6.07, 6.45) is 0. The first-order valence-electron chi connectivity index (χ1n) is 20.7. The second-order valence-electron chi connectivity index (χ2n) is 16.0. The van der Waals surface area contributed by atoms with Gasteiger partial charge in [-0.3, -0.25) is 51.0 Å². The van der Waals surface area contributed by atoms with Crippen molar-refractivity contribution in [3.8, 4) is 0 Å². The van der Waals surface area contributed by atoms with E-state index < -0.39 is 185 Å². The molecule has 13 N–H and O–H groups in total. The monoisotopic (exact) mass is 1280 g/mol. The largest absolute Gasteiger partial charge is 0.323 e. The number of hydrogen-bond acceptors (Lipinski definition) is 20. The molecule has 0 atom stereocenters. The molecule has 0 saturated carbocycles. The normalized spacial score (nSPS) is 12.4. The Hall–Kier alpha value is -7.81. The molecule has 81 heavy (non-hydrogen) atoms. The Kier molecular flexibility index (Phi) is 17.4. The number of amides is 6. The van der Waals surface area contributed by atoms with Gasteiger partial charge >= 0.3 is 6.03 Å². The quantitative estimate of drug-likeness (QED) is 0.0460. The maximum absolute atomic E-state index is 13.8. The summed E-state index contributed by atoms with van der Waals surface area (Å²) in [5.74, 6) is -5.47. The molecule has 32 nitrogen and oxygen atoms in total. The molecule has 0 bridgehead atoms. The molecule has 6 amide bonds. The van der Waals surface area contributed by atoms with E-state index in [1.807, 2.05) is 16.0 Å². The van der Waals surface area contributed by atoms with Gasteiger partial charge in [0.25, 0.3) is 94.5 Å². The molecule has 0 unspecified atom stereocenters. The summed E-state index contributed by atoms with van der Waals surface area (Å²) < 4.78 is 235. The number of thiol groups is 1. The standard InChI is InChI=1S/C41H32N6O26S8/c48-37(44-29-5-1-25(15-33(29)74)75(53,54)55)19-9-20(38(49)45-30-6-2-26(76(56,57)58)16-34(30)79(65,66)67)12-23(11-19)42-41(52)43-24-13-21(39(50)46-31-7-3-27(77(59,60)61)17-35(31)80(68,69)70)10-22(14-24)40(51)47-32-8-4-28(78(62,63)64)18-36(32)81(71,72)73/h1-18,74H,(H,44,48)(H,45,49)(H,46,50)(H,47,51)(H2,42,43,52)(H,53,54,55)(H,56,57,58)(H,59,60,61)(H,62,63,64)(H,65,66,67)(H,68,69,70)(H,71,72,73). The van der Waals surface area contributed by atoms with Crippen LogP contribution < -0.4 is 31.9 Å². The molecule has 0 fully saturated rings. The molecule has 0 radical (unpaired) electrons. The molecule has 0 heterocycles. The van der Waals surface area contributed by atoms with Crippen LogP contribution in [0.25, 0.3) is 0 Å². The van der Waals surface area contributed by atoms with Crippen molar-refractivity contribution in [3.63, 3.8) is 0 Å². The van der Waals surface area contributed by atoms with Gasteiger partial charge in [0.05, 0.1) is 42.3 Å². The topological polar surface area (TPSA) is 538 Å². The Balaban J connectivity index is 1.43. The summed E-state index contributed by atoms with van der Waals surface area (Å²) in [7, 11) is -36.5. The minimum absolute atomic E-state index is 0.230. The number of urea groups is 1. The molecule has 6 aromatic carbocycles. The van der Waals surface area contributed by atoms with Crippen molar-refractivity contribution in [1.29, 1.82) is 0 Å². The Morgan fingerprint density at radius 1 is 0.296 bits per heavy atom. The highest BCUT2D eigenvalue weighted by Gasteiger charge is 2.27. The van der Waals surface area contributed by atoms with E-state index in [2.05, 4.69) is 28.6 Å². The SMILES string of the molecule is O=C(Nc1cc(C(=O)Nc2ccc(S(=O)(=O)O)cc2S)cc(C(=O)Nc2ccc(S(=O)(=O)O)cc2S(=O)(=O)O)c1)Nc1cc(C(=O)Nc2ccc(S(=O)(=O)O)cc2S(=O)(=O)O)cc(C(=O)Nc2ccc(S(=O)(=O)O)cc2S(=O)(=O)O)c1. The molecule has 0 aliphatic carbocycles. The van der Waals surface area contributed by atoms with Crippen LogP contribution in [0.1, 0.15) is 41.4 Å². The van der Waals surface area contributed by atoms with Gasteiger partial charge in [-0.25, -0.2) is 4.79 Å². The van der Waals surface area contributed by atoms with Crippen molar-refractivity contribution in [2.24, 2.45) is 0 Å². The van der Waals surface area contributed by atoms with Crippen molar-refractivity contribution in [3.05, 3.63) is 131 Å². The molecule has 6 aromatic rings. The Morgan fingerprint density at radius 2 is 0.531 bits per heavy atom. The van der Waals surface area contributed by atoms with E-state index in [-0.39, 0.29) is 28.8 Å². The Bertz CT molecular complexity index is 4410. The molecule has 6 rings (SSSR count). The van der Waals surface area contributed by atoms with E-state index in [9.17, 15) is 115 Å². The van der Waals surface area contributed by atoms with Gasteiger partial charge in [0.2, 0.25) is 0 Å². The summed E-state index contributed by atoms with van der Waals surface area (Å²) in [6, 6.07) is 10.2. The predicted octanol–water partition coefficient (Wildman–Crippen LogP) is 3.36. The van der Waals surface area contributed by atoms with Crippen LogP contribution in [0.15, 0.2) is 148 Å². The van der Waals surface area contributed by atoms with E-state index in [1.54, 1.807) is 0 Å². The van der Waals surface area contributed by atoms with Crippen molar-refractivity contribution in [2.45, 2.75) is 39.2 Å². The van der Waals surface area contributed by atoms with Crippen LogP contribution in [0.4, 0.5) is 38.9 Å². The van der Waals surface area contributed by atoms with Gasteiger partial charge in [-0.05, 0) is 109 Å². The lowest BCUT2D eigenvalue weighted by Gasteiger charge is -2.16. The fourth-order valence-corrected chi connectivity index (χ4v) is 11.3. The molecule has 0 aromatic heterocycles. The molecule has 0 aliphatic heterocycles.